The number of nitrogens with one attached hydrogen (secondary N) is 2. The zero-order valence-corrected chi connectivity index (χ0v) is 22.8. The van der Waals surface area contributed by atoms with Crippen LogP contribution in [0.2, 0.25) is 5.02 Å². The Morgan fingerprint density at radius 1 is 1.11 bits per heavy atom. The van der Waals surface area contributed by atoms with Crippen molar-refractivity contribution in [3.05, 3.63) is 79.9 Å². The molecule has 8 nitrogen and oxygen atoms in total. The van der Waals surface area contributed by atoms with E-state index >= 15 is 0 Å². The number of carbonyl (C=O) groups is 2. The predicted molar refractivity (Wildman–Crippen MR) is 149 cm³/mol. The van der Waals surface area contributed by atoms with Gasteiger partial charge >= 0.3 is 0 Å². The molecule has 3 rings (SSSR count). The molecule has 0 unspecified atom stereocenters. The smallest absolute Gasteiger partial charge is 0.271 e. The van der Waals surface area contributed by atoms with Gasteiger partial charge < -0.3 is 19.5 Å². The maximum atomic E-state index is 12.4. The van der Waals surface area contributed by atoms with Crippen LogP contribution in [-0.2, 0) is 4.79 Å². The fourth-order valence-electron chi connectivity index (χ4n) is 3.07. The van der Waals surface area contributed by atoms with Crippen molar-refractivity contribution in [2.75, 3.05) is 25.6 Å². The number of aryl methyl sites for hydroxylation is 1. The van der Waals surface area contributed by atoms with Crippen molar-refractivity contribution in [3.8, 4) is 17.2 Å². The summed E-state index contributed by atoms with van der Waals surface area (Å²) in [6.07, 6.45) is 1.50. The number of methoxy groups -OCH3 is 1. The van der Waals surface area contributed by atoms with Crippen molar-refractivity contribution in [1.82, 2.24) is 5.43 Å². The third kappa shape index (κ3) is 7.59. The Bertz CT molecular complexity index is 1280. The normalized spacial score (nSPS) is 10.7. The Morgan fingerprint density at radius 2 is 1.92 bits per heavy atom. The SMILES string of the molecule is CCOc1cc(/C=N/NC(=O)c2cccc(OC)c2)cc(I)c1OCC(=O)Nc1ccc(C)c(Cl)c1. The maximum Gasteiger partial charge on any atom is 0.271 e. The average Bonchev–Trinajstić information content (AvgIpc) is 2.86. The van der Waals surface area contributed by atoms with Gasteiger partial charge in [0, 0.05) is 16.3 Å². The van der Waals surface area contributed by atoms with Gasteiger partial charge in [0.2, 0.25) is 0 Å². The maximum absolute atomic E-state index is 12.4. The summed E-state index contributed by atoms with van der Waals surface area (Å²) in [7, 11) is 1.53. The molecule has 3 aromatic carbocycles. The van der Waals surface area contributed by atoms with Gasteiger partial charge in [0.15, 0.2) is 18.1 Å². The van der Waals surface area contributed by atoms with E-state index in [0.29, 0.717) is 49.3 Å². The van der Waals surface area contributed by atoms with Gasteiger partial charge in [-0.3, -0.25) is 9.59 Å². The molecule has 36 heavy (non-hydrogen) atoms. The minimum atomic E-state index is -0.370. The lowest BCUT2D eigenvalue weighted by Crippen LogP contribution is -2.20. The number of benzene rings is 3. The standard InChI is InChI=1S/C26H25ClIN3O5/c1-4-35-23-11-17(14-29-31-26(33)18-6-5-7-20(12-18)34-3)10-22(28)25(23)36-15-24(32)30-19-9-8-16(2)21(27)13-19/h5-14H,4,15H2,1-3H3,(H,30,32)(H,31,33)/b29-14+. The van der Waals surface area contributed by atoms with Gasteiger partial charge in [0.1, 0.15) is 5.75 Å². The highest BCUT2D eigenvalue weighted by atomic mass is 127. The highest BCUT2D eigenvalue weighted by Gasteiger charge is 2.14. The molecule has 0 fully saturated rings. The van der Waals surface area contributed by atoms with Crippen molar-refractivity contribution >= 4 is 57.9 Å². The predicted octanol–water partition coefficient (Wildman–Crippen LogP) is 5.44. The van der Waals surface area contributed by atoms with Crippen LogP contribution in [0, 0.1) is 10.5 Å². The van der Waals surface area contributed by atoms with Crippen molar-refractivity contribution < 1.29 is 23.8 Å². The second kappa shape index (κ2) is 13.1. The number of hydrogen-bond donors (Lipinski definition) is 2. The highest BCUT2D eigenvalue weighted by molar-refractivity contribution is 14.1. The molecule has 0 saturated carbocycles. The van der Waals surface area contributed by atoms with E-state index in [1.165, 1.54) is 13.3 Å². The Kier molecular flexibility index (Phi) is 9.95. The number of hydrazone groups is 1. The molecular formula is C26H25ClIN3O5. The molecule has 0 atom stereocenters. The molecule has 0 spiro atoms. The molecule has 0 bridgehead atoms. The summed E-state index contributed by atoms with van der Waals surface area (Å²) < 4.78 is 17.4. The van der Waals surface area contributed by atoms with E-state index in [-0.39, 0.29) is 18.4 Å². The lowest BCUT2D eigenvalue weighted by atomic mass is 10.2. The van der Waals surface area contributed by atoms with Crippen LogP contribution >= 0.6 is 34.2 Å². The van der Waals surface area contributed by atoms with Gasteiger partial charge in [-0.1, -0.05) is 23.7 Å². The minimum Gasteiger partial charge on any atom is -0.497 e. The Balaban J connectivity index is 1.66. The second-order valence-electron chi connectivity index (χ2n) is 7.49. The summed E-state index contributed by atoms with van der Waals surface area (Å²) >= 11 is 8.21. The lowest BCUT2D eigenvalue weighted by Gasteiger charge is -2.15. The summed E-state index contributed by atoms with van der Waals surface area (Å²) in [5, 5.41) is 7.37. The van der Waals surface area contributed by atoms with Gasteiger partial charge in [0.05, 0.1) is 23.5 Å². The monoisotopic (exact) mass is 621 g/mol. The molecule has 0 heterocycles. The molecule has 2 N–H and O–H groups in total. The largest absolute Gasteiger partial charge is 0.497 e. The van der Waals surface area contributed by atoms with Crippen molar-refractivity contribution in [2.24, 2.45) is 5.10 Å². The summed E-state index contributed by atoms with van der Waals surface area (Å²) in [5.41, 5.74) is 5.10. The van der Waals surface area contributed by atoms with Crippen molar-refractivity contribution in [3.63, 3.8) is 0 Å². The zero-order valence-electron chi connectivity index (χ0n) is 19.9. The van der Waals surface area contributed by atoms with Crippen molar-refractivity contribution in [2.45, 2.75) is 13.8 Å². The lowest BCUT2D eigenvalue weighted by molar-refractivity contribution is -0.118. The van der Waals surface area contributed by atoms with E-state index in [2.05, 4.69) is 38.4 Å². The van der Waals surface area contributed by atoms with Crippen LogP contribution in [0.1, 0.15) is 28.4 Å². The molecule has 0 aliphatic rings. The molecule has 0 aliphatic carbocycles. The second-order valence-corrected chi connectivity index (χ2v) is 9.06. The van der Waals surface area contributed by atoms with Crippen LogP contribution < -0.4 is 25.0 Å². The first kappa shape index (κ1) is 27.3. The number of hydrogen-bond acceptors (Lipinski definition) is 6. The fraction of sp³-hybridized carbons (Fsp3) is 0.192. The van der Waals surface area contributed by atoms with Gasteiger partial charge in [-0.2, -0.15) is 5.10 Å². The molecule has 0 aliphatic heterocycles. The van der Waals surface area contributed by atoms with E-state index in [9.17, 15) is 9.59 Å². The van der Waals surface area contributed by atoms with E-state index in [1.54, 1.807) is 48.5 Å². The zero-order chi connectivity index (χ0) is 26.1. The minimum absolute atomic E-state index is 0.217. The number of halogens is 2. The van der Waals surface area contributed by atoms with Crippen LogP contribution in [0.3, 0.4) is 0 Å². The van der Waals surface area contributed by atoms with Crippen LogP contribution in [0.25, 0.3) is 0 Å². The first-order valence-electron chi connectivity index (χ1n) is 10.9. The summed E-state index contributed by atoms with van der Waals surface area (Å²) in [5.74, 6) is 0.766. The molecular weight excluding hydrogens is 597 g/mol. The average molecular weight is 622 g/mol. The van der Waals surface area contributed by atoms with Crippen molar-refractivity contribution in [1.29, 1.82) is 0 Å². The van der Waals surface area contributed by atoms with Gasteiger partial charge in [-0.25, -0.2) is 5.43 Å². The Hall–Kier alpha value is -3.31. The summed E-state index contributed by atoms with van der Waals surface area (Å²) in [6.45, 7) is 3.91. The van der Waals surface area contributed by atoms with E-state index < -0.39 is 0 Å². The quantitative estimate of drug-likeness (QED) is 0.179. The molecule has 188 valence electrons. The summed E-state index contributed by atoms with van der Waals surface area (Å²) in [4.78, 5) is 24.7. The van der Waals surface area contributed by atoms with Crippen LogP contribution in [0.5, 0.6) is 17.2 Å². The van der Waals surface area contributed by atoms with Gasteiger partial charge in [-0.05, 0) is 90.0 Å². The van der Waals surface area contributed by atoms with E-state index in [4.69, 9.17) is 25.8 Å². The van der Waals surface area contributed by atoms with Crippen LogP contribution in [-0.4, -0.2) is 38.4 Å². The first-order chi connectivity index (χ1) is 17.3. The number of rotatable bonds is 10. The third-order valence-electron chi connectivity index (χ3n) is 4.85. The van der Waals surface area contributed by atoms with E-state index in [0.717, 1.165) is 5.56 Å². The molecule has 0 radical (unpaired) electrons. The molecule has 0 aromatic heterocycles. The van der Waals surface area contributed by atoms with Crippen LogP contribution in [0.4, 0.5) is 5.69 Å². The first-order valence-corrected chi connectivity index (χ1v) is 12.4. The number of carbonyl (C=O) groups excluding carboxylic acids is 2. The molecule has 2 amide bonds. The topological polar surface area (TPSA) is 98.2 Å². The number of nitrogens with zero attached hydrogens (tertiary/aromatic N) is 1. The highest BCUT2D eigenvalue weighted by Crippen LogP contribution is 2.34. The van der Waals surface area contributed by atoms with Crippen LogP contribution in [0.15, 0.2) is 59.7 Å². The fourth-order valence-corrected chi connectivity index (χ4v) is 4.03. The van der Waals surface area contributed by atoms with E-state index in [1.807, 2.05) is 19.9 Å². The summed E-state index contributed by atoms with van der Waals surface area (Å²) in [6, 6.07) is 15.6. The Morgan fingerprint density at radius 3 is 2.64 bits per heavy atom. The third-order valence-corrected chi connectivity index (χ3v) is 6.06. The number of amides is 2. The molecule has 0 saturated heterocycles. The van der Waals surface area contributed by atoms with Gasteiger partial charge in [-0.15, -0.1) is 0 Å². The Labute approximate surface area is 228 Å². The van der Waals surface area contributed by atoms with Gasteiger partial charge in [0.25, 0.3) is 11.8 Å². The number of ether oxygens (including phenoxy) is 3. The molecule has 10 heteroatoms. The number of anilines is 1. The molecule has 3 aromatic rings.